The predicted molar refractivity (Wildman–Crippen MR) is 127 cm³/mol. The maximum atomic E-state index is 13.1. The van der Waals surface area contributed by atoms with Crippen molar-refractivity contribution >= 4 is 28.9 Å². The second-order valence-electron chi connectivity index (χ2n) is 7.36. The van der Waals surface area contributed by atoms with Gasteiger partial charge in [-0.15, -0.1) is 0 Å². The Morgan fingerprint density at radius 2 is 1.59 bits per heavy atom. The number of aromatic nitrogens is 3. The Morgan fingerprint density at radius 3 is 2.31 bits per heavy atom. The average Bonchev–Trinajstić information content (AvgIpc) is 3.23. The van der Waals surface area contributed by atoms with Crippen LogP contribution in [0.15, 0.2) is 103 Å². The van der Waals surface area contributed by atoms with Gasteiger partial charge in [-0.2, -0.15) is 0 Å². The molecule has 1 N–H and O–H groups in total. The molecule has 3 aromatic heterocycles. The molecule has 0 saturated carbocycles. The number of imidazole rings is 1. The van der Waals surface area contributed by atoms with E-state index in [-0.39, 0.29) is 5.91 Å². The van der Waals surface area contributed by atoms with Crippen molar-refractivity contribution < 1.29 is 4.79 Å². The van der Waals surface area contributed by atoms with Crippen LogP contribution in [0.4, 0.5) is 17.3 Å². The van der Waals surface area contributed by atoms with Crippen molar-refractivity contribution in [2.75, 3.05) is 17.3 Å². The van der Waals surface area contributed by atoms with E-state index >= 15 is 0 Å². The van der Waals surface area contributed by atoms with Crippen LogP contribution in [0, 0.1) is 0 Å². The van der Waals surface area contributed by atoms with E-state index in [4.69, 9.17) is 4.98 Å². The Morgan fingerprint density at radius 1 is 0.875 bits per heavy atom. The number of rotatable bonds is 5. The molecule has 1 amide bonds. The number of amides is 1. The molecular weight excluding hydrogens is 398 g/mol. The van der Waals surface area contributed by atoms with Gasteiger partial charge in [-0.05, 0) is 36.4 Å². The topological polar surface area (TPSA) is 62.5 Å². The molecule has 0 fully saturated rings. The first-order chi connectivity index (χ1) is 15.7. The number of hydrogen-bond acceptors (Lipinski definition) is 4. The summed E-state index contributed by atoms with van der Waals surface area (Å²) in [5.74, 6) is 1.14. The minimum atomic E-state index is -0.241. The van der Waals surface area contributed by atoms with Gasteiger partial charge in [0.15, 0.2) is 0 Å². The van der Waals surface area contributed by atoms with Crippen LogP contribution in [-0.2, 0) is 0 Å². The first-order valence-electron chi connectivity index (χ1n) is 10.3. The summed E-state index contributed by atoms with van der Waals surface area (Å²) >= 11 is 0. The number of carbonyl (C=O) groups is 1. The normalized spacial score (nSPS) is 10.8. The zero-order valence-corrected chi connectivity index (χ0v) is 17.5. The average molecular weight is 419 g/mol. The van der Waals surface area contributed by atoms with E-state index in [1.165, 1.54) is 0 Å². The van der Waals surface area contributed by atoms with Crippen molar-refractivity contribution in [3.63, 3.8) is 0 Å². The molecule has 0 saturated heterocycles. The Kier molecular flexibility index (Phi) is 5.09. The van der Waals surface area contributed by atoms with Crippen LogP contribution in [0.1, 0.15) is 10.4 Å². The highest BCUT2D eigenvalue weighted by atomic mass is 16.1. The number of nitrogens with zero attached hydrogens (tertiary/aromatic N) is 4. The first kappa shape index (κ1) is 19.5. The summed E-state index contributed by atoms with van der Waals surface area (Å²) in [6, 6.07) is 29.2. The number of nitrogens with one attached hydrogen (secondary N) is 1. The standard InChI is InChI=1S/C26H21N5O/c1-30(21-12-6-3-7-13-21)22-16-15-20(18-27-22)26(32)29-25-24(19-10-4-2-5-11-19)28-23-14-8-9-17-31(23)25/h2-18H,1H3,(H,29,32). The molecule has 6 nitrogen and oxygen atoms in total. The van der Waals surface area contributed by atoms with Gasteiger partial charge in [0.1, 0.15) is 23.0 Å². The van der Waals surface area contributed by atoms with Gasteiger partial charge >= 0.3 is 0 Å². The third-order valence-corrected chi connectivity index (χ3v) is 5.31. The number of para-hydroxylation sites is 1. The van der Waals surface area contributed by atoms with E-state index < -0.39 is 0 Å². The fourth-order valence-corrected chi connectivity index (χ4v) is 3.59. The molecule has 0 bridgehead atoms. The van der Waals surface area contributed by atoms with Crippen LogP contribution in [0.5, 0.6) is 0 Å². The summed E-state index contributed by atoms with van der Waals surface area (Å²) in [6.45, 7) is 0. The van der Waals surface area contributed by atoms with Gasteiger partial charge < -0.3 is 10.2 Å². The third kappa shape index (κ3) is 3.70. The van der Waals surface area contributed by atoms with Gasteiger partial charge in [0.05, 0.1) is 5.56 Å². The molecule has 5 rings (SSSR count). The summed E-state index contributed by atoms with van der Waals surface area (Å²) in [7, 11) is 1.95. The lowest BCUT2D eigenvalue weighted by molar-refractivity contribution is 0.102. The SMILES string of the molecule is CN(c1ccccc1)c1ccc(C(=O)Nc2c(-c3ccccc3)nc3ccccn23)cn1. The molecule has 0 aliphatic heterocycles. The van der Waals surface area contributed by atoms with Crippen LogP contribution in [0.2, 0.25) is 0 Å². The first-order valence-corrected chi connectivity index (χ1v) is 10.3. The molecule has 2 aromatic carbocycles. The Bertz CT molecular complexity index is 1360. The van der Waals surface area contributed by atoms with Crippen LogP contribution in [0.25, 0.3) is 16.9 Å². The van der Waals surface area contributed by atoms with Crippen molar-refractivity contribution in [3.05, 3.63) is 109 Å². The van der Waals surface area contributed by atoms with Crippen molar-refractivity contribution in [1.82, 2.24) is 14.4 Å². The summed E-state index contributed by atoms with van der Waals surface area (Å²) < 4.78 is 1.88. The second kappa shape index (κ2) is 8.35. The lowest BCUT2D eigenvalue weighted by Gasteiger charge is -2.18. The summed E-state index contributed by atoms with van der Waals surface area (Å²) in [5.41, 5.74) is 3.91. The smallest absolute Gasteiger partial charge is 0.258 e. The number of hydrogen-bond donors (Lipinski definition) is 1. The van der Waals surface area contributed by atoms with E-state index in [0.29, 0.717) is 11.4 Å². The van der Waals surface area contributed by atoms with Gasteiger partial charge in [-0.25, -0.2) is 9.97 Å². The van der Waals surface area contributed by atoms with Gasteiger partial charge in [0, 0.05) is 30.7 Å². The zero-order chi connectivity index (χ0) is 21.9. The molecule has 156 valence electrons. The highest BCUT2D eigenvalue weighted by Crippen LogP contribution is 2.29. The molecule has 32 heavy (non-hydrogen) atoms. The quantitative estimate of drug-likeness (QED) is 0.413. The van der Waals surface area contributed by atoms with Crippen LogP contribution in [-0.4, -0.2) is 27.3 Å². The van der Waals surface area contributed by atoms with E-state index in [9.17, 15) is 4.79 Å². The lowest BCUT2D eigenvalue weighted by Crippen LogP contribution is -2.16. The molecule has 0 atom stereocenters. The maximum absolute atomic E-state index is 13.1. The van der Waals surface area contributed by atoms with Crippen LogP contribution >= 0.6 is 0 Å². The van der Waals surface area contributed by atoms with Crippen LogP contribution in [0.3, 0.4) is 0 Å². The van der Waals surface area contributed by atoms with Gasteiger partial charge in [-0.1, -0.05) is 54.6 Å². The number of anilines is 3. The molecule has 3 heterocycles. The van der Waals surface area contributed by atoms with E-state index in [2.05, 4.69) is 10.3 Å². The third-order valence-electron chi connectivity index (χ3n) is 5.31. The molecule has 5 aromatic rings. The van der Waals surface area contributed by atoms with Crippen molar-refractivity contribution in [2.24, 2.45) is 0 Å². The minimum Gasteiger partial charge on any atom is -0.329 e. The van der Waals surface area contributed by atoms with Crippen molar-refractivity contribution in [2.45, 2.75) is 0 Å². The highest BCUT2D eigenvalue weighted by Gasteiger charge is 2.17. The predicted octanol–water partition coefficient (Wildman–Crippen LogP) is 5.42. The molecule has 0 aliphatic carbocycles. The molecule has 0 unspecified atom stereocenters. The summed E-state index contributed by atoms with van der Waals surface area (Å²) in [6.07, 6.45) is 3.48. The Hall–Kier alpha value is -4.45. The molecular formula is C26H21N5O. The fraction of sp³-hybridized carbons (Fsp3) is 0.0385. The second-order valence-corrected chi connectivity index (χ2v) is 7.36. The number of pyridine rings is 2. The lowest BCUT2D eigenvalue weighted by atomic mass is 10.1. The number of benzene rings is 2. The Labute approximate surface area is 185 Å². The van der Waals surface area contributed by atoms with Crippen molar-refractivity contribution in [1.29, 1.82) is 0 Å². The minimum absolute atomic E-state index is 0.241. The molecule has 0 radical (unpaired) electrons. The summed E-state index contributed by atoms with van der Waals surface area (Å²) in [5, 5.41) is 3.04. The molecule has 0 spiro atoms. The van der Waals surface area contributed by atoms with Gasteiger partial charge in [0.2, 0.25) is 0 Å². The molecule has 6 heteroatoms. The van der Waals surface area contributed by atoms with E-state index in [0.717, 1.165) is 28.4 Å². The maximum Gasteiger partial charge on any atom is 0.258 e. The number of fused-ring (bicyclic) bond motifs is 1. The van der Waals surface area contributed by atoms with E-state index in [1.54, 1.807) is 12.3 Å². The largest absolute Gasteiger partial charge is 0.329 e. The number of carbonyl (C=O) groups excluding carboxylic acids is 1. The zero-order valence-electron chi connectivity index (χ0n) is 17.5. The highest BCUT2D eigenvalue weighted by molar-refractivity contribution is 6.05. The van der Waals surface area contributed by atoms with Crippen LogP contribution < -0.4 is 10.2 Å². The van der Waals surface area contributed by atoms with Crippen molar-refractivity contribution in [3.8, 4) is 11.3 Å². The summed E-state index contributed by atoms with van der Waals surface area (Å²) in [4.78, 5) is 24.3. The molecule has 0 aliphatic rings. The van der Waals surface area contributed by atoms with Gasteiger partial charge in [-0.3, -0.25) is 9.20 Å². The van der Waals surface area contributed by atoms with Gasteiger partial charge in [0.25, 0.3) is 5.91 Å². The monoisotopic (exact) mass is 419 g/mol. The van der Waals surface area contributed by atoms with E-state index in [1.807, 2.05) is 107 Å². The fourth-order valence-electron chi connectivity index (χ4n) is 3.59. The Balaban J connectivity index is 1.44.